The Hall–Kier alpha value is -1.88. The molecule has 21 heavy (non-hydrogen) atoms. The minimum Gasteiger partial charge on any atom is -0.381 e. The van der Waals surface area contributed by atoms with Crippen molar-refractivity contribution in [3.8, 4) is 0 Å². The Morgan fingerprint density at radius 1 is 1.33 bits per heavy atom. The normalized spacial score (nSPS) is 19.1. The monoisotopic (exact) mass is 290 g/mol. The van der Waals surface area contributed by atoms with Crippen LogP contribution in [0.1, 0.15) is 24.8 Å². The minimum atomic E-state index is -0.596. The molecule has 1 aromatic rings. The van der Waals surface area contributed by atoms with Crippen molar-refractivity contribution in [2.45, 2.75) is 31.7 Å². The Morgan fingerprint density at radius 2 is 2.10 bits per heavy atom. The third kappa shape index (κ3) is 4.86. The zero-order valence-corrected chi connectivity index (χ0v) is 12.1. The lowest BCUT2D eigenvalue weighted by molar-refractivity contribution is -0.130. The van der Waals surface area contributed by atoms with Crippen LogP contribution in [0, 0.1) is 5.92 Å². The number of benzene rings is 1. The van der Waals surface area contributed by atoms with E-state index in [2.05, 4.69) is 5.32 Å². The summed E-state index contributed by atoms with van der Waals surface area (Å²) in [7, 11) is 0. The number of primary amides is 1. The molecule has 1 aliphatic heterocycles. The van der Waals surface area contributed by atoms with Gasteiger partial charge in [0.1, 0.15) is 6.04 Å². The van der Waals surface area contributed by atoms with Crippen molar-refractivity contribution >= 4 is 11.8 Å². The van der Waals surface area contributed by atoms with Gasteiger partial charge in [0.05, 0.1) is 12.5 Å². The molecule has 1 heterocycles. The summed E-state index contributed by atoms with van der Waals surface area (Å²) in [6.07, 6.45) is 2.94. The largest absolute Gasteiger partial charge is 0.381 e. The van der Waals surface area contributed by atoms with Gasteiger partial charge < -0.3 is 15.8 Å². The number of rotatable bonds is 7. The second-order valence-corrected chi connectivity index (χ2v) is 5.40. The molecule has 114 valence electrons. The first-order valence-electron chi connectivity index (χ1n) is 7.38. The molecule has 0 bridgehead atoms. The topological polar surface area (TPSA) is 81.4 Å². The molecule has 0 unspecified atom stereocenters. The number of hydrogen-bond donors (Lipinski definition) is 2. The van der Waals surface area contributed by atoms with E-state index in [4.69, 9.17) is 10.5 Å². The maximum absolute atomic E-state index is 12.0. The maximum Gasteiger partial charge on any atom is 0.239 e. The van der Waals surface area contributed by atoms with Crippen molar-refractivity contribution in [2.75, 3.05) is 13.2 Å². The maximum atomic E-state index is 12.0. The summed E-state index contributed by atoms with van der Waals surface area (Å²) in [6, 6.07) is 9.45. The Labute approximate surface area is 124 Å². The molecule has 0 aromatic heterocycles. The Kier molecular flexibility index (Phi) is 5.75. The number of amides is 2. The molecular weight excluding hydrogens is 268 g/mol. The number of hydrogen-bond acceptors (Lipinski definition) is 3. The number of carbonyl (C=O) groups is 2. The van der Waals surface area contributed by atoms with E-state index < -0.39 is 11.9 Å². The zero-order chi connectivity index (χ0) is 15.1. The van der Waals surface area contributed by atoms with Gasteiger partial charge in [-0.1, -0.05) is 30.3 Å². The lowest BCUT2D eigenvalue weighted by Gasteiger charge is -2.17. The first-order valence-corrected chi connectivity index (χ1v) is 7.38. The highest BCUT2D eigenvalue weighted by Gasteiger charge is 2.26. The molecule has 0 spiro atoms. The molecule has 0 saturated carbocycles. The minimum absolute atomic E-state index is 0.129. The van der Waals surface area contributed by atoms with E-state index in [0.29, 0.717) is 26.1 Å². The molecule has 2 rings (SSSR count). The standard InChI is InChI=1S/C16H22N2O3/c17-15(19)14(18-16(20)13-9-10-21-11-13)8-4-7-12-5-2-1-3-6-12/h1-3,5-6,13-14H,4,7-11H2,(H2,17,19)(H,18,20)/t13-,14+/m1/s1. The Balaban J connectivity index is 1.79. The first-order chi connectivity index (χ1) is 10.2. The number of aryl methyl sites for hydroxylation is 1. The van der Waals surface area contributed by atoms with E-state index >= 15 is 0 Å². The molecule has 5 heteroatoms. The average Bonchev–Trinajstić information content (AvgIpc) is 3.01. The van der Waals surface area contributed by atoms with Gasteiger partial charge in [-0.25, -0.2) is 0 Å². The molecule has 1 saturated heterocycles. The van der Waals surface area contributed by atoms with Gasteiger partial charge >= 0.3 is 0 Å². The highest BCUT2D eigenvalue weighted by Crippen LogP contribution is 2.13. The van der Waals surface area contributed by atoms with Crippen molar-refractivity contribution < 1.29 is 14.3 Å². The quantitative estimate of drug-likeness (QED) is 0.786. The molecule has 0 radical (unpaired) electrons. The zero-order valence-electron chi connectivity index (χ0n) is 12.1. The smallest absolute Gasteiger partial charge is 0.239 e. The van der Waals surface area contributed by atoms with Crippen LogP contribution in [0.2, 0.25) is 0 Å². The van der Waals surface area contributed by atoms with Crippen molar-refractivity contribution in [1.29, 1.82) is 0 Å². The Morgan fingerprint density at radius 3 is 2.71 bits per heavy atom. The van der Waals surface area contributed by atoms with Gasteiger partial charge in [0.2, 0.25) is 11.8 Å². The van der Waals surface area contributed by atoms with Crippen LogP contribution in [-0.2, 0) is 20.7 Å². The predicted octanol–water partition coefficient (Wildman–Crippen LogP) is 1.02. The summed E-state index contributed by atoms with van der Waals surface area (Å²) in [5.41, 5.74) is 6.60. The van der Waals surface area contributed by atoms with Crippen LogP contribution in [0.3, 0.4) is 0 Å². The molecule has 3 N–H and O–H groups in total. The molecule has 1 fully saturated rings. The van der Waals surface area contributed by atoms with Crippen LogP contribution in [0.5, 0.6) is 0 Å². The van der Waals surface area contributed by atoms with Gasteiger partial charge in [0.25, 0.3) is 0 Å². The summed E-state index contributed by atoms with van der Waals surface area (Å²) in [5, 5.41) is 2.75. The van der Waals surface area contributed by atoms with Crippen LogP contribution in [0.15, 0.2) is 30.3 Å². The number of carbonyl (C=O) groups excluding carboxylic acids is 2. The summed E-state index contributed by atoms with van der Waals surface area (Å²) >= 11 is 0. The lowest BCUT2D eigenvalue weighted by atomic mass is 10.0. The van der Waals surface area contributed by atoms with Gasteiger partial charge in [-0.15, -0.1) is 0 Å². The summed E-state index contributed by atoms with van der Waals surface area (Å²) in [5.74, 6) is -0.757. The molecule has 5 nitrogen and oxygen atoms in total. The molecule has 2 atom stereocenters. The fourth-order valence-corrected chi connectivity index (χ4v) is 2.47. The Bertz CT molecular complexity index is 470. The van der Waals surface area contributed by atoms with Gasteiger partial charge in [-0.2, -0.15) is 0 Å². The summed E-state index contributed by atoms with van der Waals surface area (Å²) in [6.45, 7) is 1.04. The van der Waals surface area contributed by atoms with E-state index in [9.17, 15) is 9.59 Å². The van der Waals surface area contributed by atoms with E-state index in [-0.39, 0.29) is 11.8 Å². The fourth-order valence-electron chi connectivity index (χ4n) is 2.47. The molecular formula is C16H22N2O3. The van der Waals surface area contributed by atoms with Crippen LogP contribution in [0.25, 0.3) is 0 Å². The number of ether oxygens (including phenoxy) is 1. The van der Waals surface area contributed by atoms with E-state index in [0.717, 1.165) is 12.8 Å². The number of nitrogens with two attached hydrogens (primary N) is 1. The van der Waals surface area contributed by atoms with Gasteiger partial charge in [0, 0.05) is 6.61 Å². The first kappa shape index (κ1) is 15.5. The third-order valence-corrected chi connectivity index (χ3v) is 3.76. The van der Waals surface area contributed by atoms with Crippen molar-refractivity contribution in [1.82, 2.24) is 5.32 Å². The predicted molar refractivity (Wildman–Crippen MR) is 79.4 cm³/mol. The fraction of sp³-hybridized carbons (Fsp3) is 0.500. The third-order valence-electron chi connectivity index (χ3n) is 3.76. The van der Waals surface area contributed by atoms with E-state index in [1.54, 1.807) is 0 Å². The van der Waals surface area contributed by atoms with Gasteiger partial charge in [-0.3, -0.25) is 9.59 Å². The highest BCUT2D eigenvalue weighted by molar-refractivity contribution is 5.87. The average molecular weight is 290 g/mol. The van der Waals surface area contributed by atoms with Crippen LogP contribution in [-0.4, -0.2) is 31.1 Å². The van der Waals surface area contributed by atoms with Crippen LogP contribution in [0.4, 0.5) is 0 Å². The molecule has 0 aliphatic carbocycles. The highest BCUT2D eigenvalue weighted by atomic mass is 16.5. The van der Waals surface area contributed by atoms with Crippen LogP contribution < -0.4 is 11.1 Å². The van der Waals surface area contributed by atoms with Gasteiger partial charge in [-0.05, 0) is 31.2 Å². The van der Waals surface area contributed by atoms with Crippen molar-refractivity contribution in [3.05, 3.63) is 35.9 Å². The van der Waals surface area contributed by atoms with Crippen molar-refractivity contribution in [3.63, 3.8) is 0 Å². The number of nitrogens with one attached hydrogen (secondary N) is 1. The SMILES string of the molecule is NC(=O)[C@H](CCCc1ccccc1)NC(=O)[C@@H]1CCOC1. The molecule has 1 aromatic carbocycles. The van der Waals surface area contributed by atoms with E-state index in [1.165, 1.54) is 5.56 Å². The van der Waals surface area contributed by atoms with Gasteiger partial charge in [0.15, 0.2) is 0 Å². The second kappa shape index (κ2) is 7.78. The summed E-state index contributed by atoms with van der Waals surface area (Å²) in [4.78, 5) is 23.5. The van der Waals surface area contributed by atoms with E-state index in [1.807, 2.05) is 30.3 Å². The van der Waals surface area contributed by atoms with Crippen LogP contribution >= 0.6 is 0 Å². The van der Waals surface area contributed by atoms with Crippen molar-refractivity contribution in [2.24, 2.45) is 11.7 Å². The molecule has 2 amide bonds. The summed E-state index contributed by atoms with van der Waals surface area (Å²) < 4.78 is 5.18. The second-order valence-electron chi connectivity index (χ2n) is 5.40. The molecule has 1 aliphatic rings. The lowest BCUT2D eigenvalue weighted by Crippen LogP contribution is -2.46.